The van der Waals surface area contributed by atoms with E-state index in [0.29, 0.717) is 36.9 Å². The second kappa shape index (κ2) is 12.2. The molecule has 3 aliphatic heterocycles. The highest BCUT2D eigenvalue weighted by atomic mass is 32.1. The molecule has 0 radical (unpaired) electrons. The molecule has 1 atom stereocenters. The zero-order valence-electron chi connectivity index (χ0n) is 27.3. The minimum atomic E-state index is -0.514. The van der Waals surface area contributed by atoms with E-state index in [4.69, 9.17) is 14.1 Å². The van der Waals surface area contributed by atoms with Crippen molar-refractivity contribution in [2.45, 2.75) is 86.3 Å². The van der Waals surface area contributed by atoms with Crippen molar-refractivity contribution in [2.24, 2.45) is 10.4 Å². The summed E-state index contributed by atoms with van der Waals surface area (Å²) in [5.74, 6) is 1.77. The molecule has 2 saturated heterocycles. The van der Waals surface area contributed by atoms with Crippen LogP contribution in [0.15, 0.2) is 40.1 Å². The first-order valence-electron chi connectivity index (χ1n) is 15.9. The number of ether oxygens (including phenoxy) is 1. The first-order valence-corrected chi connectivity index (χ1v) is 16.7. The van der Waals surface area contributed by atoms with E-state index < -0.39 is 11.6 Å². The molecule has 0 saturated carbocycles. The molecule has 1 spiro atoms. The van der Waals surface area contributed by atoms with E-state index >= 15 is 4.39 Å². The maximum absolute atomic E-state index is 16.1. The smallest absolute Gasteiger partial charge is 0.410 e. The van der Waals surface area contributed by atoms with Crippen LogP contribution in [0.25, 0.3) is 5.00 Å². The molecule has 0 N–H and O–H groups in total. The van der Waals surface area contributed by atoms with Crippen molar-refractivity contribution in [3.05, 3.63) is 75.6 Å². The highest BCUT2D eigenvalue weighted by Crippen LogP contribution is 2.43. The number of rotatable bonds is 4. The SMILES string of the molecule is C.Cc1sc2c(c1C)C(c1ccc(N3CCC4(CCN(C(=O)OC(C)(C)C)C4)CC3)c(F)c1)=NC(Cc1ncco1)c1nnc(C)n1-2. The van der Waals surface area contributed by atoms with Crippen molar-refractivity contribution in [3.8, 4) is 5.00 Å². The Bertz CT molecular complexity index is 1810. The fourth-order valence-electron chi connectivity index (χ4n) is 7.00. The monoisotopic (exact) mass is 661 g/mol. The van der Waals surface area contributed by atoms with Gasteiger partial charge in [0.25, 0.3) is 0 Å². The van der Waals surface area contributed by atoms with Crippen LogP contribution in [-0.2, 0) is 11.2 Å². The number of hydrogen-bond acceptors (Lipinski definition) is 9. The molecular formula is C35H44FN7O3S. The molecule has 3 aliphatic rings. The van der Waals surface area contributed by atoms with Gasteiger partial charge in [-0.3, -0.25) is 9.56 Å². The van der Waals surface area contributed by atoms with Crippen LogP contribution in [-0.4, -0.2) is 68.2 Å². The summed E-state index contributed by atoms with van der Waals surface area (Å²) in [4.78, 5) is 27.4. The summed E-state index contributed by atoms with van der Waals surface area (Å²) < 4.78 is 29.4. The summed E-state index contributed by atoms with van der Waals surface area (Å²) in [5, 5.41) is 9.91. The molecule has 0 aliphatic carbocycles. The minimum Gasteiger partial charge on any atom is -0.449 e. The van der Waals surface area contributed by atoms with E-state index in [-0.39, 0.29) is 24.8 Å². The second-order valence-corrected chi connectivity index (χ2v) is 15.0. The number of thiophene rings is 1. The van der Waals surface area contributed by atoms with Gasteiger partial charge in [-0.1, -0.05) is 13.5 Å². The number of halogens is 1. The molecule has 7 rings (SSSR count). The molecule has 2 fully saturated rings. The Morgan fingerprint density at radius 2 is 1.87 bits per heavy atom. The van der Waals surface area contributed by atoms with Gasteiger partial charge < -0.3 is 19.0 Å². The number of anilines is 1. The van der Waals surface area contributed by atoms with Crippen molar-refractivity contribution in [1.82, 2.24) is 24.6 Å². The summed E-state index contributed by atoms with van der Waals surface area (Å²) in [6.45, 7) is 14.7. The maximum Gasteiger partial charge on any atom is 0.410 e. The number of hydrogen-bond donors (Lipinski definition) is 0. The summed E-state index contributed by atoms with van der Waals surface area (Å²) in [6.07, 6.45) is 6.09. The van der Waals surface area contributed by atoms with Crippen LogP contribution in [0.2, 0.25) is 0 Å². The Kier molecular flexibility index (Phi) is 8.52. The van der Waals surface area contributed by atoms with Crippen molar-refractivity contribution in [3.63, 3.8) is 0 Å². The number of benzene rings is 1. The summed E-state index contributed by atoms with van der Waals surface area (Å²) in [5.41, 5.74) is 3.67. The normalized spacial score (nSPS) is 18.8. The lowest BCUT2D eigenvalue weighted by atomic mass is 9.77. The number of likely N-dealkylation sites (tertiary alicyclic amines) is 1. The average Bonchev–Trinajstić information content (AvgIpc) is 3.78. The Morgan fingerprint density at radius 1 is 1.13 bits per heavy atom. The van der Waals surface area contributed by atoms with Crippen LogP contribution in [0.3, 0.4) is 0 Å². The van der Waals surface area contributed by atoms with Gasteiger partial charge in [-0.25, -0.2) is 14.2 Å². The van der Waals surface area contributed by atoms with Crippen LogP contribution in [0, 0.1) is 32.0 Å². The van der Waals surface area contributed by atoms with E-state index in [1.807, 2.05) is 44.7 Å². The third-order valence-electron chi connectivity index (χ3n) is 9.57. The largest absolute Gasteiger partial charge is 0.449 e. The first-order chi connectivity index (χ1) is 21.9. The molecule has 12 heteroatoms. The highest BCUT2D eigenvalue weighted by Gasteiger charge is 2.43. The van der Waals surface area contributed by atoms with E-state index in [9.17, 15) is 4.79 Å². The van der Waals surface area contributed by atoms with Gasteiger partial charge in [-0.05, 0) is 83.9 Å². The number of fused-ring (bicyclic) bond motifs is 3. The van der Waals surface area contributed by atoms with Gasteiger partial charge in [0.15, 0.2) is 11.7 Å². The number of aromatic nitrogens is 4. The van der Waals surface area contributed by atoms with Gasteiger partial charge in [0.2, 0.25) is 0 Å². The van der Waals surface area contributed by atoms with Crippen molar-refractivity contribution in [1.29, 1.82) is 0 Å². The maximum atomic E-state index is 16.1. The number of aryl methyl sites for hydroxylation is 2. The zero-order valence-corrected chi connectivity index (χ0v) is 28.1. The zero-order chi connectivity index (χ0) is 32.4. The van der Waals surface area contributed by atoms with E-state index in [1.165, 1.54) is 4.88 Å². The molecule has 0 bridgehead atoms. The van der Waals surface area contributed by atoms with Crippen molar-refractivity contribution in [2.75, 3.05) is 31.1 Å². The standard InChI is InChI=1S/C34H40FN7O3S.CH4/c1-20-21(2)46-31-28(20)29(37-25(18-27-36-12-16-44-27)30-39-38-22(3)42(30)31)23-7-8-26(24(35)17-23)40-13-9-34(10-14-40)11-15-41(19-34)32(43)45-33(4,5)6;/h7-8,12,16-17,25H,9-11,13-15,18-19H2,1-6H3;1H4. The number of amides is 1. The van der Waals surface area contributed by atoms with Gasteiger partial charge in [0.1, 0.15) is 34.5 Å². The third kappa shape index (κ3) is 6.08. The highest BCUT2D eigenvalue weighted by molar-refractivity contribution is 7.15. The second-order valence-electron chi connectivity index (χ2n) is 13.8. The molecule has 6 heterocycles. The van der Waals surface area contributed by atoms with Crippen LogP contribution in [0.1, 0.15) is 92.6 Å². The van der Waals surface area contributed by atoms with Crippen LogP contribution < -0.4 is 4.90 Å². The van der Waals surface area contributed by atoms with Crippen LogP contribution in [0.4, 0.5) is 14.9 Å². The molecule has 250 valence electrons. The molecule has 3 aromatic heterocycles. The number of aliphatic imine (C=N–C) groups is 1. The Balaban J connectivity index is 0.00000386. The van der Waals surface area contributed by atoms with E-state index in [1.54, 1.807) is 29.9 Å². The molecule has 47 heavy (non-hydrogen) atoms. The van der Waals surface area contributed by atoms with Gasteiger partial charge in [0.05, 0.1) is 24.0 Å². The molecule has 4 aromatic rings. The van der Waals surface area contributed by atoms with Crippen LogP contribution in [0.5, 0.6) is 0 Å². The minimum absolute atomic E-state index is 0. The molecule has 1 amide bonds. The summed E-state index contributed by atoms with van der Waals surface area (Å²) in [6, 6.07) is 5.08. The number of nitrogens with zero attached hydrogens (tertiary/aromatic N) is 7. The van der Waals surface area contributed by atoms with Gasteiger partial charge in [-0.2, -0.15) is 0 Å². The number of carbonyl (C=O) groups excluding carboxylic acids is 1. The van der Waals surface area contributed by atoms with E-state index in [2.05, 4.69) is 38.5 Å². The van der Waals surface area contributed by atoms with Crippen LogP contribution >= 0.6 is 11.3 Å². The molecule has 1 unspecified atom stereocenters. The fraction of sp³-hybridized carbons (Fsp3) is 0.514. The summed E-state index contributed by atoms with van der Waals surface area (Å²) >= 11 is 1.67. The lowest BCUT2D eigenvalue weighted by molar-refractivity contribution is 0.0266. The van der Waals surface area contributed by atoms with Crippen molar-refractivity contribution >= 4 is 28.8 Å². The lowest BCUT2D eigenvalue weighted by Gasteiger charge is -2.40. The summed E-state index contributed by atoms with van der Waals surface area (Å²) in [7, 11) is 0. The quantitative estimate of drug-likeness (QED) is 0.225. The number of piperidine rings is 1. The number of carbonyl (C=O) groups is 1. The molecule has 1 aromatic carbocycles. The van der Waals surface area contributed by atoms with Gasteiger partial charge in [-0.15, -0.1) is 21.5 Å². The third-order valence-corrected chi connectivity index (χ3v) is 10.8. The predicted octanol–water partition coefficient (Wildman–Crippen LogP) is 7.38. The van der Waals surface area contributed by atoms with Gasteiger partial charge >= 0.3 is 6.09 Å². The van der Waals surface area contributed by atoms with E-state index in [0.717, 1.165) is 65.6 Å². The average molecular weight is 662 g/mol. The number of oxazole rings is 1. The Morgan fingerprint density at radius 3 is 2.55 bits per heavy atom. The first kappa shape index (κ1) is 32.9. The van der Waals surface area contributed by atoms with Gasteiger partial charge in [0, 0.05) is 42.2 Å². The van der Waals surface area contributed by atoms with Crippen molar-refractivity contribution < 1.29 is 18.3 Å². The lowest BCUT2D eigenvalue weighted by Crippen LogP contribution is -2.43. The fourth-order valence-corrected chi connectivity index (χ4v) is 8.22. The molecule has 10 nitrogen and oxygen atoms in total. The molecular weight excluding hydrogens is 617 g/mol. The Labute approximate surface area is 279 Å². The topological polar surface area (TPSA) is 102 Å². The predicted molar refractivity (Wildman–Crippen MR) is 181 cm³/mol. The Hall–Kier alpha value is -4.06.